The van der Waals surface area contributed by atoms with Gasteiger partial charge in [0.25, 0.3) is 4.92 Å². The number of benzene rings is 2. The van der Waals surface area contributed by atoms with E-state index in [0.717, 1.165) is 24.3 Å². The van der Waals surface area contributed by atoms with Crippen molar-refractivity contribution in [2.75, 3.05) is 0 Å². The van der Waals surface area contributed by atoms with Crippen LogP contribution in [-0.4, -0.2) is 45.5 Å². The predicted octanol–water partition coefficient (Wildman–Crippen LogP) is 3.09. The Labute approximate surface area is 145 Å². The van der Waals surface area contributed by atoms with E-state index in [4.69, 9.17) is 5.21 Å². The molecule has 2 rings (SSSR count). The van der Waals surface area contributed by atoms with Crippen molar-refractivity contribution < 1.29 is 28.1 Å². The first-order valence-corrected chi connectivity index (χ1v) is 5.77. The molecule has 0 fully saturated rings. The van der Waals surface area contributed by atoms with Crippen molar-refractivity contribution in [1.82, 2.24) is 0 Å². The van der Waals surface area contributed by atoms with Gasteiger partial charge in [-0.1, -0.05) is 12.1 Å². The summed E-state index contributed by atoms with van der Waals surface area (Å²) in [6.07, 6.45) is -4.46. The zero-order valence-corrected chi connectivity index (χ0v) is 10.5. The molecule has 0 aromatic heterocycles. The third kappa shape index (κ3) is 4.16. The van der Waals surface area contributed by atoms with Crippen molar-refractivity contribution in [3.63, 3.8) is 0 Å². The van der Waals surface area contributed by atoms with E-state index in [1.165, 1.54) is 24.3 Å². The summed E-state index contributed by atoms with van der Waals surface area (Å²) in [7, 11) is 0. The summed E-state index contributed by atoms with van der Waals surface area (Å²) in [5.74, 6) is -0.481. The van der Waals surface area contributed by atoms with Gasteiger partial charge in [0.05, 0.1) is 10.5 Å². The molecule has 0 atom stereocenters. The average molecular weight is 320 g/mol. The molecule has 0 aliphatic heterocycles. The van der Waals surface area contributed by atoms with Gasteiger partial charge in [-0.25, -0.2) is 5.21 Å². The molecule has 0 aliphatic carbocycles. The molecule has 2 aromatic rings. The fourth-order valence-corrected chi connectivity index (χ4v) is 1.72. The molecule has 0 saturated carbocycles. The zero-order chi connectivity index (χ0) is 15.6. The summed E-state index contributed by atoms with van der Waals surface area (Å²) in [6.45, 7) is 0. The molecule has 0 amide bonds. The van der Waals surface area contributed by atoms with Gasteiger partial charge in [-0.3, -0.25) is 4.79 Å². The summed E-state index contributed by atoms with van der Waals surface area (Å²) >= 11 is 0. The third-order valence-electron chi connectivity index (χ3n) is 2.82. The number of hydrogen-bond donors (Lipinski definition) is 1. The molecule has 0 heterocycles. The number of hydrogen-bond acceptors (Lipinski definition) is 2. The molecule has 110 valence electrons. The molecule has 0 bridgehead atoms. The van der Waals surface area contributed by atoms with Gasteiger partial charge in [-0.15, -0.1) is 0 Å². The Morgan fingerprint density at radius 2 is 1.32 bits per heavy atom. The van der Waals surface area contributed by atoms with Crippen molar-refractivity contribution in [1.29, 1.82) is 0 Å². The number of ketones is 1. The molecule has 0 spiro atoms. The van der Waals surface area contributed by atoms with Gasteiger partial charge in [-0.05, 0) is 24.3 Å². The van der Waals surface area contributed by atoms with Crippen molar-refractivity contribution in [3.8, 4) is 0 Å². The summed E-state index contributed by atoms with van der Waals surface area (Å²) in [5, 5.41) is 8.66. The van der Waals surface area contributed by atoms with Crippen molar-refractivity contribution in [2.45, 2.75) is 6.18 Å². The van der Waals surface area contributed by atoms with E-state index in [1.807, 2.05) is 0 Å². The van der Waals surface area contributed by atoms with Gasteiger partial charge >= 0.3 is 41.4 Å². The van der Waals surface area contributed by atoms with Gasteiger partial charge in [0.2, 0.25) is 0 Å². The van der Waals surface area contributed by atoms with Crippen LogP contribution in [0.2, 0.25) is 0 Å². The van der Waals surface area contributed by atoms with Crippen LogP contribution in [0.25, 0.3) is 0 Å². The second-order valence-electron chi connectivity index (χ2n) is 4.22. The molecule has 0 unspecified atom stereocenters. The van der Waals surface area contributed by atoms with E-state index < -0.39 is 17.5 Å². The van der Waals surface area contributed by atoms with Crippen LogP contribution >= 0.6 is 0 Å². The van der Waals surface area contributed by atoms with E-state index in [-0.39, 0.29) is 51.3 Å². The van der Waals surface area contributed by atoms with Gasteiger partial charge in [-0.2, -0.15) is 13.2 Å². The Morgan fingerprint density at radius 3 is 1.68 bits per heavy atom. The minimum absolute atomic E-state index is 0. The summed E-state index contributed by atoms with van der Waals surface area (Å²) in [5.41, 5.74) is -0.602. The third-order valence-corrected chi connectivity index (χ3v) is 2.82. The van der Waals surface area contributed by atoms with E-state index in [2.05, 4.69) is 0 Å². The quantitative estimate of drug-likeness (QED) is 0.537. The number of carbonyl (C=O) groups is 1. The molecule has 0 saturated heterocycles. The number of carbonyl (C=O) groups excluding carboxylic acids is 1. The molecule has 0 radical (unpaired) electrons. The molecule has 8 heteroatoms. The second-order valence-corrected chi connectivity index (χ2v) is 4.22. The van der Waals surface area contributed by atoms with E-state index in [9.17, 15) is 22.9 Å². The molecule has 4 nitrogen and oxygen atoms in total. The van der Waals surface area contributed by atoms with Gasteiger partial charge in [0.1, 0.15) is 0 Å². The van der Waals surface area contributed by atoms with Crippen LogP contribution in [0.3, 0.4) is 0 Å². The van der Waals surface area contributed by atoms with Crippen LogP contribution in [-0.2, 0) is 6.18 Å². The Kier molecular flexibility index (Phi) is 5.87. The van der Waals surface area contributed by atoms with E-state index in [0.29, 0.717) is 0 Å². The molecular formula is C14H10F3NNaO3+. The van der Waals surface area contributed by atoms with Crippen LogP contribution in [0.5, 0.6) is 0 Å². The number of alkyl halides is 3. The first-order chi connectivity index (χ1) is 9.79. The van der Waals surface area contributed by atoms with Crippen molar-refractivity contribution in [3.05, 3.63) is 70.1 Å². The van der Waals surface area contributed by atoms with Gasteiger partial charge in [0.15, 0.2) is 5.78 Å². The molecule has 0 aliphatic rings. The maximum absolute atomic E-state index is 12.4. The summed E-state index contributed by atoms with van der Waals surface area (Å²) in [6, 6.07) is 8.89. The fourth-order valence-electron chi connectivity index (χ4n) is 1.72. The fraction of sp³-hybridized carbons (Fsp3) is 0.0714. The normalized spacial score (nSPS) is 10.7. The number of halogens is 3. The standard InChI is InChI=1S/C14H9F3NO3.Na.H/c15-14(16,17)11-5-1-9(2-6-11)13(19)10-3-7-12(8-4-10)18(20)21;;/h1-8H,(H,20,21);;/q+1;;. The molecular weight excluding hydrogens is 310 g/mol. The van der Waals surface area contributed by atoms with Crippen LogP contribution in [0.15, 0.2) is 48.5 Å². The average Bonchev–Trinajstić information content (AvgIpc) is 2.46. The van der Waals surface area contributed by atoms with Crippen LogP contribution in [0.1, 0.15) is 21.5 Å². The SMILES string of the molecule is O=C(c1ccc([N+](=O)O)cc1)c1ccc(C(F)(F)F)cc1.[NaH]. The first-order valence-electron chi connectivity index (χ1n) is 5.77. The monoisotopic (exact) mass is 320 g/mol. The van der Waals surface area contributed by atoms with Crippen molar-refractivity contribution >= 4 is 41.0 Å². The van der Waals surface area contributed by atoms with E-state index in [1.54, 1.807) is 0 Å². The minimum atomic E-state index is -4.46. The zero-order valence-electron chi connectivity index (χ0n) is 10.5. The number of rotatable bonds is 3. The second kappa shape index (κ2) is 7.04. The Bertz CT molecular complexity index is 682. The van der Waals surface area contributed by atoms with Crippen LogP contribution in [0.4, 0.5) is 18.9 Å². The number of nitrogens with zero attached hydrogens (tertiary/aromatic N) is 1. The molecule has 2 aromatic carbocycles. The van der Waals surface area contributed by atoms with Crippen molar-refractivity contribution in [2.24, 2.45) is 0 Å². The summed E-state index contributed by atoms with van der Waals surface area (Å²) < 4.78 is 37.3. The van der Waals surface area contributed by atoms with Crippen LogP contribution in [0, 0.1) is 4.91 Å². The van der Waals surface area contributed by atoms with Gasteiger partial charge in [0, 0.05) is 23.3 Å². The summed E-state index contributed by atoms with van der Waals surface area (Å²) in [4.78, 5) is 22.3. The van der Waals surface area contributed by atoms with Gasteiger partial charge < -0.3 is 0 Å². The topological polar surface area (TPSA) is 57.4 Å². The molecule has 1 N–H and O–H groups in total. The van der Waals surface area contributed by atoms with Crippen LogP contribution < -0.4 is 0 Å². The predicted molar refractivity (Wildman–Crippen MR) is 73.5 cm³/mol. The maximum atomic E-state index is 12.4. The Hall–Kier alpha value is -1.70. The van der Waals surface area contributed by atoms with E-state index >= 15 is 0 Å². The molecule has 22 heavy (non-hydrogen) atoms. The Morgan fingerprint density at radius 1 is 0.909 bits per heavy atom. The first kappa shape index (κ1) is 18.3. The Balaban J connectivity index is 0.00000242.